The molecular formula is C25H35N5O3. The van der Waals surface area contributed by atoms with E-state index in [9.17, 15) is 9.59 Å². The molecule has 2 N–H and O–H groups in total. The number of carbonyl (C=O) groups is 1. The number of likely N-dealkylation sites (N-methyl/N-ethyl adjacent to an activating group) is 1. The Kier molecular flexibility index (Phi) is 8.65. The monoisotopic (exact) mass is 453 g/mol. The molecule has 178 valence electrons. The Balaban J connectivity index is 1.78. The average molecular weight is 454 g/mol. The van der Waals surface area contributed by atoms with Crippen LogP contribution in [-0.2, 0) is 4.79 Å². The first-order valence-electron chi connectivity index (χ1n) is 11.6. The Morgan fingerprint density at radius 2 is 2.21 bits per heavy atom. The molecule has 33 heavy (non-hydrogen) atoms. The molecule has 0 bridgehead atoms. The second-order valence-electron chi connectivity index (χ2n) is 8.52. The molecule has 2 aromatic heterocycles. The molecule has 0 unspecified atom stereocenters. The smallest absolute Gasteiger partial charge is 0.271 e. The first kappa shape index (κ1) is 24.5. The van der Waals surface area contributed by atoms with Crippen molar-refractivity contribution < 1.29 is 9.53 Å². The fourth-order valence-corrected chi connectivity index (χ4v) is 4.16. The molecule has 0 aliphatic carbocycles. The molecule has 1 aliphatic rings. The Morgan fingerprint density at radius 1 is 1.39 bits per heavy atom. The van der Waals surface area contributed by atoms with Crippen molar-refractivity contribution >= 4 is 11.6 Å². The van der Waals surface area contributed by atoms with Crippen LogP contribution < -0.4 is 20.5 Å². The lowest BCUT2D eigenvalue weighted by Crippen LogP contribution is -2.50. The van der Waals surface area contributed by atoms with Gasteiger partial charge in [0.1, 0.15) is 5.69 Å². The summed E-state index contributed by atoms with van der Waals surface area (Å²) >= 11 is 0. The largest absolute Gasteiger partial charge is 0.481 e. The van der Waals surface area contributed by atoms with E-state index in [2.05, 4.69) is 34.0 Å². The molecule has 1 aliphatic heterocycles. The summed E-state index contributed by atoms with van der Waals surface area (Å²) in [5, 5.41) is 3.28. The summed E-state index contributed by atoms with van der Waals surface area (Å²) in [4.78, 5) is 36.5. The van der Waals surface area contributed by atoms with Crippen LogP contribution in [0.15, 0.2) is 47.5 Å². The quantitative estimate of drug-likeness (QED) is 0.568. The highest BCUT2D eigenvalue weighted by atomic mass is 16.5. The lowest BCUT2D eigenvalue weighted by atomic mass is 10.0. The van der Waals surface area contributed by atoms with Crippen molar-refractivity contribution in [3.8, 4) is 17.0 Å². The van der Waals surface area contributed by atoms with Crippen LogP contribution in [0.1, 0.15) is 33.6 Å². The maximum Gasteiger partial charge on any atom is 0.271 e. The summed E-state index contributed by atoms with van der Waals surface area (Å²) in [6, 6.07) is 6.10. The van der Waals surface area contributed by atoms with Crippen molar-refractivity contribution in [3.05, 3.63) is 53.1 Å². The number of H-pyrrole nitrogens is 1. The molecule has 1 fully saturated rings. The van der Waals surface area contributed by atoms with Gasteiger partial charge in [0.05, 0.1) is 7.11 Å². The predicted octanol–water partition coefficient (Wildman–Crippen LogP) is 2.82. The van der Waals surface area contributed by atoms with Gasteiger partial charge in [-0.1, -0.05) is 19.9 Å². The topological polar surface area (TPSA) is 90.6 Å². The van der Waals surface area contributed by atoms with Crippen LogP contribution in [0.2, 0.25) is 0 Å². The lowest BCUT2D eigenvalue weighted by molar-refractivity contribution is -0.127. The number of ether oxygens (including phenoxy) is 1. The molecular weight excluding hydrogens is 418 g/mol. The molecule has 2 aromatic rings. The van der Waals surface area contributed by atoms with Gasteiger partial charge in [-0.3, -0.25) is 9.59 Å². The fraction of sp³-hybridized carbons (Fsp3) is 0.480. The maximum atomic E-state index is 12.8. The van der Waals surface area contributed by atoms with Gasteiger partial charge in [0.15, 0.2) is 0 Å². The maximum absolute atomic E-state index is 12.8. The number of hydrogen-bond acceptors (Lipinski definition) is 6. The number of nitrogens with one attached hydrogen (secondary N) is 2. The average Bonchev–Trinajstić information content (AvgIpc) is 2.83. The third-order valence-electron chi connectivity index (χ3n) is 5.86. The second kappa shape index (κ2) is 11.7. The molecule has 3 rings (SSSR count). The minimum Gasteiger partial charge on any atom is -0.481 e. The SMILES string of the molecule is CCN(c1cc(-c2ccnc(OC)c2)c[nH]c1=O)[C@@H]1CCCN(C(=O)C=CCNC(C)C)C1. The van der Waals surface area contributed by atoms with Crippen LogP contribution in [0, 0.1) is 0 Å². The van der Waals surface area contributed by atoms with Crippen LogP contribution in [0.3, 0.4) is 0 Å². The third-order valence-corrected chi connectivity index (χ3v) is 5.86. The number of methoxy groups -OCH3 is 1. The van der Waals surface area contributed by atoms with Crippen LogP contribution in [-0.4, -0.2) is 66.1 Å². The Hall–Kier alpha value is -3.13. The standard InChI is InChI=1S/C25H35N5O3/c1-5-30(21-8-7-13-29(17-21)24(31)9-6-11-26-18(2)3)22-14-20(16-28-25(22)32)19-10-12-27-23(15-19)33-4/h6,9-10,12,14-16,18,21,26H,5,7-8,11,13,17H2,1-4H3,(H,28,32)/t21-/m1/s1. The number of pyridine rings is 2. The predicted molar refractivity (Wildman–Crippen MR) is 132 cm³/mol. The Bertz CT molecular complexity index is 1020. The third kappa shape index (κ3) is 6.44. The second-order valence-corrected chi connectivity index (χ2v) is 8.52. The minimum absolute atomic E-state index is 0.0212. The van der Waals surface area contributed by atoms with Gasteiger partial charge in [0.25, 0.3) is 5.56 Å². The van der Waals surface area contributed by atoms with E-state index in [1.54, 1.807) is 25.6 Å². The molecule has 1 atom stereocenters. The van der Waals surface area contributed by atoms with Crippen LogP contribution in [0.4, 0.5) is 5.69 Å². The number of aromatic nitrogens is 2. The van der Waals surface area contributed by atoms with E-state index in [1.165, 1.54) is 0 Å². The van der Waals surface area contributed by atoms with Crippen molar-refractivity contribution in [1.29, 1.82) is 0 Å². The van der Waals surface area contributed by atoms with E-state index in [4.69, 9.17) is 4.74 Å². The van der Waals surface area contributed by atoms with Crippen LogP contribution >= 0.6 is 0 Å². The lowest BCUT2D eigenvalue weighted by Gasteiger charge is -2.39. The van der Waals surface area contributed by atoms with Gasteiger partial charge < -0.3 is 24.8 Å². The van der Waals surface area contributed by atoms with Gasteiger partial charge in [-0.25, -0.2) is 4.98 Å². The Labute approximate surface area is 195 Å². The Morgan fingerprint density at radius 3 is 2.94 bits per heavy atom. The number of hydrogen-bond donors (Lipinski definition) is 2. The van der Waals surface area contributed by atoms with Crippen molar-refractivity contribution in [1.82, 2.24) is 20.2 Å². The highest BCUT2D eigenvalue weighted by molar-refractivity contribution is 5.87. The summed E-state index contributed by atoms with van der Waals surface area (Å²) in [5.41, 5.74) is 2.27. The molecule has 8 nitrogen and oxygen atoms in total. The van der Waals surface area contributed by atoms with E-state index >= 15 is 0 Å². The summed E-state index contributed by atoms with van der Waals surface area (Å²) in [6.45, 7) is 8.87. The first-order chi connectivity index (χ1) is 15.9. The molecule has 0 radical (unpaired) electrons. The number of aromatic amines is 1. The molecule has 0 aromatic carbocycles. The van der Waals surface area contributed by atoms with Crippen LogP contribution in [0.25, 0.3) is 11.1 Å². The van der Waals surface area contributed by atoms with E-state index in [0.29, 0.717) is 37.2 Å². The van der Waals surface area contributed by atoms with Crippen molar-refractivity contribution in [3.63, 3.8) is 0 Å². The van der Waals surface area contributed by atoms with Gasteiger partial charge in [-0.15, -0.1) is 0 Å². The van der Waals surface area contributed by atoms with Crippen molar-refractivity contribution in [2.24, 2.45) is 0 Å². The van der Waals surface area contributed by atoms with Gasteiger partial charge in [-0.05, 0) is 37.5 Å². The molecule has 8 heteroatoms. The molecule has 3 heterocycles. The number of anilines is 1. The van der Waals surface area contributed by atoms with Crippen molar-refractivity contribution in [2.75, 3.05) is 38.2 Å². The van der Waals surface area contributed by atoms with Crippen LogP contribution in [0.5, 0.6) is 5.88 Å². The number of carbonyl (C=O) groups excluding carboxylic acids is 1. The summed E-state index contributed by atoms with van der Waals surface area (Å²) in [5.74, 6) is 0.540. The molecule has 1 saturated heterocycles. The highest BCUT2D eigenvalue weighted by Crippen LogP contribution is 2.26. The van der Waals surface area contributed by atoms with Gasteiger partial charge in [0, 0.05) is 68.4 Å². The fourth-order valence-electron chi connectivity index (χ4n) is 4.16. The molecule has 0 spiro atoms. The number of piperidine rings is 1. The van der Waals surface area contributed by atoms with Gasteiger partial charge >= 0.3 is 0 Å². The number of likely N-dealkylation sites (tertiary alicyclic amines) is 1. The van der Waals surface area contributed by atoms with Gasteiger partial charge in [0.2, 0.25) is 11.8 Å². The van der Waals surface area contributed by atoms with E-state index in [-0.39, 0.29) is 17.5 Å². The normalized spacial score (nSPS) is 16.4. The molecule has 0 saturated carbocycles. The van der Waals surface area contributed by atoms with Gasteiger partial charge in [-0.2, -0.15) is 0 Å². The summed E-state index contributed by atoms with van der Waals surface area (Å²) in [7, 11) is 1.58. The highest BCUT2D eigenvalue weighted by Gasteiger charge is 2.28. The van der Waals surface area contributed by atoms with E-state index < -0.39 is 0 Å². The molecule has 1 amide bonds. The zero-order valence-corrected chi connectivity index (χ0v) is 20.0. The first-order valence-corrected chi connectivity index (χ1v) is 11.6. The number of rotatable bonds is 9. The number of amides is 1. The van der Waals surface area contributed by atoms with Crippen molar-refractivity contribution in [2.45, 2.75) is 45.7 Å². The minimum atomic E-state index is -0.135. The zero-order valence-electron chi connectivity index (χ0n) is 20.0. The van der Waals surface area contributed by atoms with E-state index in [0.717, 1.165) is 30.5 Å². The summed E-state index contributed by atoms with van der Waals surface area (Å²) < 4.78 is 5.23. The number of nitrogens with zero attached hydrogens (tertiary/aromatic N) is 3. The summed E-state index contributed by atoms with van der Waals surface area (Å²) in [6.07, 6.45) is 8.76. The zero-order chi connectivity index (χ0) is 23.8. The van der Waals surface area contributed by atoms with E-state index in [1.807, 2.05) is 36.1 Å².